The van der Waals surface area contributed by atoms with Crippen LogP contribution in [0.4, 0.5) is 5.69 Å². The Morgan fingerprint density at radius 3 is 2.85 bits per heavy atom. The number of allylic oxidation sites excluding steroid dienone is 6. The molecule has 1 heterocycles. The number of nitrogens with zero attached hydrogens (tertiary/aromatic N) is 1. The predicted molar refractivity (Wildman–Crippen MR) is 87.7 cm³/mol. The van der Waals surface area contributed by atoms with E-state index in [0.29, 0.717) is 6.04 Å². The van der Waals surface area contributed by atoms with Crippen molar-refractivity contribution < 1.29 is 0 Å². The quantitative estimate of drug-likeness (QED) is 0.703. The van der Waals surface area contributed by atoms with Gasteiger partial charge in [0.2, 0.25) is 0 Å². The fraction of sp³-hybridized carbons (Fsp3) is 0.158. The summed E-state index contributed by atoms with van der Waals surface area (Å²) in [4.78, 5) is 2.34. The van der Waals surface area contributed by atoms with Crippen molar-refractivity contribution in [3.8, 4) is 0 Å². The molecule has 1 atom stereocenters. The first kappa shape index (κ1) is 12.7. The van der Waals surface area contributed by atoms with Crippen LogP contribution in [0.1, 0.15) is 17.5 Å². The Labute approximate surface area is 120 Å². The molecular formula is C19H19N. The van der Waals surface area contributed by atoms with Crippen LogP contribution in [0.2, 0.25) is 0 Å². The average molecular weight is 261 g/mol. The van der Waals surface area contributed by atoms with Crippen LogP contribution in [0.15, 0.2) is 73.5 Å². The summed E-state index contributed by atoms with van der Waals surface area (Å²) < 4.78 is 0. The van der Waals surface area contributed by atoms with Gasteiger partial charge in [0.05, 0.1) is 6.04 Å². The standard InChI is InChI=1S/C19H19N/c1-15-11-12-19-18(14-15)16(2)8-6-7-13-20(19)17-9-4-3-5-10-17/h3-9,11-14,17H,2,10H2,1H3/b8-6-,13-7-. The van der Waals surface area contributed by atoms with Crippen LogP contribution in [0.3, 0.4) is 0 Å². The average Bonchev–Trinajstić information content (AvgIpc) is 2.47. The molecule has 1 aromatic rings. The van der Waals surface area contributed by atoms with E-state index >= 15 is 0 Å². The second-order valence-corrected chi connectivity index (χ2v) is 5.27. The molecule has 1 nitrogen and oxygen atoms in total. The molecule has 0 saturated heterocycles. The van der Waals surface area contributed by atoms with Crippen molar-refractivity contribution in [1.29, 1.82) is 0 Å². The van der Waals surface area contributed by atoms with Crippen molar-refractivity contribution in [2.24, 2.45) is 0 Å². The molecular weight excluding hydrogens is 242 g/mol. The second-order valence-electron chi connectivity index (χ2n) is 5.27. The second kappa shape index (κ2) is 5.38. The topological polar surface area (TPSA) is 3.24 Å². The Morgan fingerprint density at radius 2 is 2.05 bits per heavy atom. The van der Waals surface area contributed by atoms with E-state index in [4.69, 9.17) is 0 Å². The Balaban J connectivity index is 2.10. The number of anilines is 1. The number of benzene rings is 1. The highest BCUT2D eigenvalue weighted by atomic mass is 15.1. The lowest BCUT2D eigenvalue weighted by Crippen LogP contribution is -2.30. The Bertz CT molecular complexity index is 644. The van der Waals surface area contributed by atoms with Crippen molar-refractivity contribution in [1.82, 2.24) is 0 Å². The van der Waals surface area contributed by atoms with E-state index in [1.165, 1.54) is 16.8 Å². The van der Waals surface area contributed by atoms with Crippen LogP contribution < -0.4 is 4.90 Å². The zero-order chi connectivity index (χ0) is 13.9. The molecule has 100 valence electrons. The van der Waals surface area contributed by atoms with Gasteiger partial charge in [-0.3, -0.25) is 0 Å². The zero-order valence-corrected chi connectivity index (χ0v) is 11.8. The largest absolute Gasteiger partial charge is 0.340 e. The maximum atomic E-state index is 4.20. The molecule has 1 aliphatic carbocycles. The lowest BCUT2D eigenvalue weighted by atomic mass is 9.98. The molecule has 0 saturated carbocycles. The Kier molecular flexibility index (Phi) is 3.42. The van der Waals surface area contributed by atoms with Gasteiger partial charge in [-0.1, -0.05) is 54.7 Å². The highest BCUT2D eigenvalue weighted by Crippen LogP contribution is 2.32. The van der Waals surface area contributed by atoms with E-state index < -0.39 is 0 Å². The molecule has 1 aromatic carbocycles. The molecule has 3 rings (SSSR count). The number of fused-ring (bicyclic) bond motifs is 1. The van der Waals surface area contributed by atoms with Crippen LogP contribution in [-0.4, -0.2) is 6.04 Å². The van der Waals surface area contributed by atoms with E-state index in [-0.39, 0.29) is 0 Å². The SMILES string of the molecule is C=C1/C=C\C=C/N(C2C=CC=CC2)c2ccc(C)cc21. The summed E-state index contributed by atoms with van der Waals surface area (Å²) in [5, 5.41) is 0. The van der Waals surface area contributed by atoms with E-state index in [0.717, 1.165) is 12.0 Å². The summed E-state index contributed by atoms with van der Waals surface area (Å²) in [6.45, 7) is 6.32. The summed E-state index contributed by atoms with van der Waals surface area (Å²) in [6, 6.07) is 6.96. The normalized spacial score (nSPS) is 23.9. The molecule has 0 N–H and O–H groups in total. The smallest absolute Gasteiger partial charge is 0.0554 e. The molecule has 1 heteroatoms. The van der Waals surface area contributed by atoms with Gasteiger partial charge in [0, 0.05) is 17.5 Å². The van der Waals surface area contributed by atoms with Gasteiger partial charge in [0.25, 0.3) is 0 Å². The first-order chi connectivity index (χ1) is 9.75. The molecule has 0 aromatic heterocycles. The molecule has 2 aliphatic rings. The number of aryl methyl sites for hydroxylation is 1. The molecule has 0 amide bonds. The Morgan fingerprint density at radius 1 is 1.15 bits per heavy atom. The van der Waals surface area contributed by atoms with Gasteiger partial charge in [-0.25, -0.2) is 0 Å². The van der Waals surface area contributed by atoms with Crippen molar-refractivity contribution in [2.75, 3.05) is 4.90 Å². The summed E-state index contributed by atoms with van der Waals surface area (Å²) in [5.41, 5.74) is 4.77. The molecule has 1 aliphatic heterocycles. The summed E-state index contributed by atoms with van der Waals surface area (Å²) in [5.74, 6) is 0. The maximum absolute atomic E-state index is 4.20. The molecule has 0 radical (unpaired) electrons. The minimum atomic E-state index is 0.372. The van der Waals surface area contributed by atoms with Crippen LogP contribution in [0, 0.1) is 6.92 Å². The monoisotopic (exact) mass is 261 g/mol. The molecule has 20 heavy (non-hydrogen) atoms. The molecule has 0 fully saturated rings. The van der Waals surface area contributed by atoms with E-state index in [1.807, 2.05) is 0 Å². The number of rotatable bonds is 1. The van der Waals surface area contributed by atoms with Crippen molar-refractivity contribution in [2.45, 2.75) is 19.4 Å². The summed E-state index contributed by atoms with van der Waals surface area (Å²) in [6.07, 6.45) is 18.1. The molecule has 1 unspecified atom stereocenters. The summed E-state index contributed by atoms with van der Waals surface area (Å²) >= 11 is 0. The zero-order valence-electron chi connectivity index (χ0n) is 11.8. The van der Waals surface area contributed by atoms with Gasteiger partial charge in [-0.15, -0.1) is 0 Å². The third kappa shape index (κ3) is 2.39. The predicted octanol–water partition coefficient (Wildman–Crippen LogP) is 4.78. The van der Waals surface area contributed by atoms with Gasteiger partial charge in [0.1, 0.15) is 0 Å². The minimum Gasteiger partial charge on any atom is -0.340 e. The Hall–Kier alpha value is -2.28. The molecule has 0 spiro atoms. The van der Waals surface area contributed by atoms with Crippen LogP contribution in [0.25, 0.3) is 5.57 Å². The minimum absolute atomic E-state index is 0.372. The van der Waals surface area contributed by atoms with Crippen LogP contribution >= 0.6 is 0 Å². The van der Waals surface area contributed by atoms with Gasteiger partial charge >= 0.3 is 0 Å². The molecule has 0 bridgehead atoms. The van der Waals surface area contributed by atoms with Crippen molar-refractivity contribution >= 4 is 11.3 Å². The van der Waals surface area contributed by atoms with E-state index in [1.54, 1.807) is 0 Å². The van der Waals surface area contributed by atoms with Crippen molar-refractivity contribution in [3.63, 3.8) is 0 Å². The number of hydrogen-bond donors (Lipinski definition) is 0. The fourth-order valence-corrected chi connectivity index (χ4v) is 2.68. The van der Waals surface area contributed by atoms with Crippen molar-refractivity contribution in [3.05, 3.63) is 84.6 Å². The van der Waals surface area contributed by atoms with Gasteiger partial charge in [-0.2, -0.15) is 0 Å². The van der Waals surface area contributed by atoms with Gasteiger partial charge in [-0.05, 0) is 37.1 Å². The summed E-state index contributed by atoms with van der Waals surface area (Å²) in [7, 11) is 0. The van der Waals surface area contributed by atoms with E-state index in [9.17, 15) is 0 Å². The van der Waals surface area contributed by atoms with Gasteiger partial charge < -0.3 is 4.90 Å². The van der Waals surface area contributed by atoms with Crippen LogP contribution in [-0.2, 0) is 0 Å². The maximum Gasteiger partial charge on any atom is 0.0554 e. The third-order valence-electron chi connectivity index (χ3n) is 3.75. The van der Waals surface area contributed by atoms with Gasteiger partial charge in [0.15, 0.2) is 0 Å². The number of hydrogen-bond acceptors (Lipinski definition) is 1. The van der Waals surface area contributed by atoms with Crippen LogP contribution in [0.5, 0.6) is 0 Å². The highest BCUT2D eigenvalue weighted by molar-refractivity contribution is 5.83. The highest BCUT2D eigenvalue weighted by Gasteiger charge is 2.18. The lowest BCUT2D eigenvalue weighted by molar-refractivity contribution is 0.778. The third-order valence-corrected chi connectivity index (χ3v) is 3.75. The van der Waals surface area contributed by atoms with E-state index in [2.05, 4.69) is 85.3 Å². The first-order valence-corrected chi connectivity index (χ1v) is 7.02. The lowest BCUT2D eigenvalue weighted by Gasteiger charge is -2.31. The first-order valence-electron chi connectivity index (χ1n) is 7.02. The fourth-order valence-electron chi connectivity index (χ4n) is 2.68.